The van der Waals surface area contributed by atoms with Crippen molar-refractivity contribution in [3.05, 3.63) is 54.0 Å². The minimum absolute atomic E-state index is 0. The monoisotopic (exact) mass is 438 g/mol. The van der Waals surface area contributed by atoms with Crippen LogP contribution in [-0.4, -0.2) is 78.5 Å². The molecule has 158 valence electrons. The molecule has 4 heterocycles. The summed E-state index contributed by atoms with van der Waals surface area (Å²) in [7, 11) is 2.13. The van der Waals surface area contributed by atoms with E-state index in [1.54, 1.807) is 12.4 Å². The molecule has 1 atom stereocenters. The van der Waals surface area contributed by atoms with Crippen molar-refractivity contribution in [2.75, 3.05) is 57.8 Å². The van der Waals surface area contributed by atoms with E-state index in [1.807, 2.05) is 35.4 Å². The first-order chi connectivity index (χ1) is 13.2. The van der Waals surface area contributed by atoms with Crippen LogP contribution in [0.25, 0.3) is 0 Å². The quantitative estimate of drug-likeness (QED) is 0.788. The van der Waals surface area contributed by atoms with Gasteiger partial charge in [0.1, 0.15) is 5.82 Å². The average molecular weight is 439 g/mol. The lowest BCUT2D eigenvalue weighted by molar-refractivity contribution is 0.0634. The molecule has 2 aliphatic heterocycles. The van der Waals surface area contributed by atoms with Crippen molar-refractivity contribution in [3.8, 4) is 0 Å². The van der Waals surface area contributed by atoms with Crippen molar-refractivity contribution in [2.24, 2.45) is 0 Å². The number of hydrogen-bond acceptors (Lipinski definition) is 6. The molecule has 0 bridgehead atoms. The number of carbonyl (C=O) groups is 1. The number of carbonyl (C=O) groups excluding carboxylic acids is 1. The van der Waals surface area contributed by atoms with Gasteiger partial charge in [-0.05, 0) is 30.8 Å². The highest BCUT2D eigenvalue weighted by Gasteiger charge is 2.29. The van der Waals surface area contributed by atoms with Crippen LogP contribution in [0.3, 0.4) is 0 Å². The Morgan fingerprint density at radius 3 is 2.62 bits per heavy atom. The molecule has 0 radical (unpaired) electrons. The molecule has 0 aromatic carbocycles. The molecule has 0 aliphatic carbocycles. The second kappa shape index (κ2) is 10.7. The summed E-state index contributed by atoms with van der Waals surface area (Å²) in [5, 5.41) is 3.39. The van der Waals surface area contributed by atoms with Crippen LogP contribution in [-0.2, 0) is 0 Å². The third kappa shape index (κ3) is 5.36. The molecule has 9 heteroatoms. The first kappa shape index (κ1) is 23.3. The maximum atomic E-state index is 13.3. The molecule has 2 aliphatic rings. The molecular weight excluding hydrogens is 411 g/mol. The molecule has 29 heavy (non-hydrogen) atoms. The molecule has 7 nitrogen and oxygen atoms in total. The minimum Gasteiger partial charge on any atom is -0.354 e. The Bertz CT molecular complexity index is 786. The van der Waals surface area contributed by atoms with E-state index >= 15 is 0 Å². The number of hydrogen-bond donors (Lipinski definition) is 1. The highest BCUT2D eigenvalue weighted by Crippen LogP contribution is 2.24. The lowest BCUT2D eigenvalue weighted by Gasteiger charge is -2.37. The number of nitrogens with one attached hydrogen (secondary N) is 1. The standard InChI is InChI=1S/C20H26N6O.2ClH/c1-24-9-11-25(12-10-24)19-13-16(4-6-23-19)20(27)26-8-7-22-15-18(26)17-3-2-5-21-14-17;;/h2-6,13-14,18,22H,7-12,15H2,1H3;2*1H. The third-order valence-corrected chi connectivity index (χ3v) is 5.39. The van der Waals surface area contributed by atoms with Gasteiger partial charge in [-0.25, -0.2) is 4.98 Å². The van der Waals surface area contributed by atoms with E-state index in [9.17, 15) is 4.79 Å². The highest BCUT2D eigenvalue weighted by molar-refractivity contribution is 5.95. The van der Waals surface area contributed by atoms with E-state index in [-0.39, 0.29) is 36.8 Å². The minimum atomic E-state index is 0. The maximum Gasteiger partial charge on any atom is 0.254 e. The SMILES string of the molecule is CN1CCN(c2cc(C(=O)N3CCNCC3c3cccnc3)ccn2)CC1.Cl.Cl. The Balaban J connectivity index is 0.00000150. The van der Waals surface area contributed by atoms with Crippen molar-refractivity contribution in [1.29, 1.82) is 0 Å². The summed E-state index contributed by atoms with van der Waals surface area (Å²) >= 11 is 0. The normalized spacial score (nSPS) is 19.8. The Labute approximate surface area is 184 Å². The van der Waals surface area contributed by atoms with Gasteiger partial charge in [0.15, 0.2) is 0 Å². The number of piperazine rings is 2. The second-order valence-corrected chi connectivity index (χ2v) is 7.20. The van der Waals surface area contributed by atoms with Gasteiger partial charge in [-0.3, -0.25) is 9.78 Å². The number of aromatic nitrogens is 2. The lowest BCUT2D eigenvalue weighted by Crippen LogP contribution is -2.48. The smallest absolute Gasteiger partial charge is 0.254 e. The summed E-state index contributed by atoms with van der Waals surface area (Å²) < 4.78 is 0. The summed E-state index contributed by atoms with van der Waals surface area (Å²) in [6.07, 6.45) is 5.36. The fourth-order valence-corrected chi connectivity index (χ4v) is 3.74. The van der Waals surface area contributed by atoms with Gasteiger partial charge >= 0.3 is 0 Å². The van der Waals surface area contributed by atoms with Crippen molar-refractivity contribution in [1.82, 2.24) is 25.1 Å². The van der Waals surface area contributed by atoms with E-state index in [1.165, 1.54) is 0 Å². The Kier molecular flexibility index (Phi) is 8.64. The summed E-state index contributed by atoms with van der Waals surface area (Å²) in [5.41, 5.74) is 1.76. The largest absolute Gasteiger partial charge is 0.354 e. The number of rotatable bonds is 3. The summed E-state index contributed by atoms with van der Waals surface area (Å²) in [4.78, 5) is 28.5. The fourth-order valence-electron chi connectivity index (χ4n) is 3.74. The number of nitrogens with zero attached hydrogens (tertiary/aromatic N) is 5. The van der Waals surface area contributed by atoms with E-state index in [0.717, 1.165) is 50.6 Å². The second-order valence-electron chi connectivity index (χ2n) is 7.20. The lowest BCUT2D eigenvalue weighted by atomic mass is 10.0. The number of amides is 1. The van der Waals surface area contributed by atoms with Gasteiger partial charge in [0.2, 0.25) is 0 Å². The topological polar surface area (TPSA) is 64.6 Å². The van der Waals surface area contributed by atoms with Crippen LogP contribution in [0.5, 0.6) is 0 Å². The zero-order valence-corrected chi connectivity index (χ0v) is 18.2. The number of anilines is 1. The zero-order chi connectivity index (χ0) is 18.6. The Morgan fingerprint density at radius 1 is 1.10 bits per heavy atom. The van der Waals surface area contributed by atoms with E-state index in [4.69, 9.17) is 0 Å². The van der Waals surface area contributed by atoms with Crippen LogP contribution in [0.15, 0.2) is 42.9 Å². The van der Waals surface area contributed by atoms with Crippen molar-refractivity contribution in [2.45, 2.75) is 6.04 Å². The van der Waals surface area contributed by atoms with Crippen molar-refractivity contribution < 1.29 is 4.79 Å². The molecule has 2 aromatic rings. The van der Waals surface area contributed by atoms with Crippen molar-refractivity contribution in [3.63, 3.8) is 0 Å². The van der Waals surface area contributed by atoms with Gasteiger partial charge in [-0.15, -0.1) is 24.8 Å². The van der Waals surface area contributed by atoms with Crippen LogP contribution >= 0.6 is 24.8 Å². The predicted molar refractivity (Wildman–Crippen MR) is 119 cm³/mol. The number of likely N-dealkylation sites (N-methyl/N-ethyl adjacent to an activating group) is 1. The third-order valence-electron chi connectivity index (χ3n) is 5.39. The molecule has 4 rings (SSSR count). The highest BCUT2D eigenvalue weighted by atomic mass is 35.5. The van der Waals surface area contributed by atoms with Gasteiger partial charge < -0.3 is 20.0 Å². The Hall–Kier alpha value is -1.93. The zero-order valence-electron chi connectivity index (χ0n) is 16.5. The molecule has 0 saturated carbocycles. The first-order valence-corrected chi connectivity index (χ1v) is 9.53. The molecular formula is C20H28Cl2N6O. The van der Waals surface area contributed by atoms with Gasteiger partial charge in [-0.2, -0.15) is 0 Å². The first-order valence-electron chi connectivity index (χ1n) is 9.53. The van der Waals surface area contributed by atoms with E-state index < -0.39 is 0 Å². The predicted octanol–water partition coefficient (Wildman–Crippen LogP) is 1.86. The van der Waals surface area contributed by atoms with E-state index in [2.05, 4.69) is 32.1 Å². The fraction of sp³-hybridized carbons (Fsp3) is 0.450. The summed E-state index contributed by atoms with van der Waals surface area (Å²) in [5.74, 6) is 0.949. The molecule has 2 aromatic heterocycles. The summed E-state index contributed by atoms with van der Waals surface area (Å²) in [6.45, 7) is 6.14. The van der Waals surface area contributed by atoms with Gasteiger partial charge in [-0.1, -0.05) is 6.07 Å². The van der Waals surface area contributed by atoms with Crippen LogP contribution in [0.1, 0.15) is 22.0 Å². The van der Waals surface area contributed by atoms with Gasteiger partial charge in [0.05, 0.1) is 6.04 Å². The molecule has 1 amide bonds. The maximum absolute atomic E-state index is 13.3. The molecule has 0 spiro atoms. The molecule has 2 saturated heterocycles. The number of pyridine rings is 2. The van der Waals surface area contributed by atoms with Crippen LogP contribution < -0.4 is 10.2 Å². The average Bonchev–Trinajstić information content (AvgIpc) is 2.74. The van der Waals surface area contributed by atoms with Crippen LogP contribution in [0, 0.1) is 0 Å². The number of halogens is 2. The van der Waals surface area contributed by atoms with Gasteiger partial charge in [0.25, 0.3) is 5.91 Å². The van der Waals surface area contributed by atoms with Crippen LogP contribution in [0.2, 0.25) is 0 Å². The Morgan fingerprint density at radius 2 is 1.90 bits per heavy atom. The van der Waals surface area contributed by atoms with Gasteiger partial charge in [0, 0.05) is 70.0 Å². The van der Waals surface area contributed by atoms with Crippen LogP contribution in [0.4, 0.5) is 5.82 Å². The molecule has 1 unspecified atom stereocenters. The van der Waals surface area contributed by atoms with Crippen molar-refractivity contribution >= 4 is 36.5 Å². The summed E-state index contributed by atoms with van der Waals surface area (Å²) in [6, 6.07) is 7.72. The van der Waals surface area contributed by atoms with E-state index in [0.29, 0.717) is 12.1 Å². The molecule has 2 fully saturated rings. The molecule has 1 N–H and O–H groups in total.